The second-order valence-electron chi connectivity index (χ2n) is 3.46. The van der Waals surface area contributed by atoms with Crippen LogP contribution in [-0.4, -0.2) is 30.4 Å². The van der Waals surface area contributed by atoms with Gasteiger partial charge in [-0.2, -0.15) is 5.10 Å². The van der Waals surface area contributed by atoms with E-state index in [-0.39, 0.29) is 6.04 Å². The first-order chi connectivity index (χ1) is 7.68. The van der Waals surface area contributed by atoms with Crippen LogP contribution in [-0.2, 0) is 13.6 Å². The van der Waals surface area contributed by atoms with Crippen molar-refractivity contribution in [2.45, 2.75) is 19.5 Å². The topological polar surface area (TPSA) is 84.3 Å². The molecule has 2 aromatic heterocycles. The summed E-state index contributed by atoms with van der Waals surface area (Å²) in [6.07, 6.45) is 1.73. The zero-order chi connectivity index (χ0) is 11.5. The molecule has 2 N–H and O–H groups in total. The molecule has 2 rings (SSSR count). The summed E-state index contributed by atoms with van der Waals surface area (Å²) in [5.74, 6) is 0.802. The van der Waals surface area contributed by atoms with Gasteiger partial charge in [0.2, 0.25) is 0 Å². The summed E-state index contributed by atoms with van der Waals surface area (Å²) in [5, 5.41) is 21.5. The Morgan fingerprint density at radius 2 is 2.44 bits per heavy atom. The molecule has 0 bridgehead atoms. The van der Waals surface area contributed by atoms with Crippen molar-refractivity contribution in [3.63, 3.8) is 0 Å². The Kier molecular flexibility index (Phi) is 3.30. The average Bonchev–Trinajstić information content (AvgIpc) is 2.84. The Morgan fingerprint density at radius 1 is 1.62 bits per heavy atom. The van der Waals surface area contributed by atoms with Gasteiger partial charge in [0.25, 0.3) is 0 Å². The van der Waals surface area contributed by atoms with Crippen molar-refractivity contribution in [2.24, 2.45) is 7.05 Å². The van der Waals surface area contributed by atoms with E-state index in [1.807, 2.05) is 14.0 Å². The number of nitrogens with one attached hydrogen (secondary N) is 2. The van der Waals surface area contributed by atoms with Gasteiger partial charge in [-0.05, 0) is 33.3 Å². The zero-order valence-electron chi connectivity index (χ0n) is 8.98. The molecular formula is C8H12BrN7. The van der Waals surface area contributed by atoms with Crippen LogP contribution in [0.2, 0.25) is 0 Å². The summed E-state index contributed by atoms with van der Waals surface area (Å²) < 4.78 is 2.61. The molecule has 0 saturated carbocycles. The third-order valence-corrected chi connectivity index (χ3v) is 2.97. The first-order valence-corrected chi connectivity index (χ1v) is 5.61. The van der Waals surface area contributed by atoms with Crippen molar-refractivity contribution in [1.29, 1.82) is 0 Å². The average molecular weight is 286 g/mol. The molecular weight excluding hydrogens is 274 g/mol. The number of aromatic nitrogens is 6. The molecule has 1 atom stereocenters. The fourth-order valence-electron chi connectivity index (χ4n) is 1.37. The number of halogens is 1. The van der Waals surface area contributed by atoms with Crippen LogP contribution in [0.3, 0.4) is 0 Å². The van der Waals surface area contributed by atoms with Gasteiger partial charge in [-0.1, -0.05) is 0 Å². The van der Waals surface area contributed by atoms with E-state index >= 15 is 0 Å². The Hall–Kier alpha value is -1.28. The smallest absolute Gasteiger partial charge is 0.167 e. The molecule has 2 heterocycles. The van der Waals surface area contributed by atoms with E-state index in [1.165, 1.54) is 0 Å². The molecule has 86 valence electrons. The molecule has 8 heteroatoms. The molecule has 0 spiro atoms. The minimum absolute atomic E-state index is 0.0789. The van der Waals surface area contributed by atoms with Crippen molar-refractivity contribution < 1.29 is 0 Å². The van der Waals surface area contributed by atoms with Gasteiger partial charge in [-0.15, -0.1) is 5.10 Å². The maximum absolute atomic E-state index is 3.94. The lowest BCUT2D eigenvalue weighted by Crippen LogP contribution is -2.21. The summed E-state index contributed by atoms with van der Waals surface area (Å²) >= 11 is 3.40. The van der Waals surface area contributed by atoms with Crippen LogP contribution in [0.25, 0.3) is 0 Å². The molecule has 0 amide bonds. The van der Waals surface area contributed by atoms with Crippen LogP contribution < -0.4 is 5.32 Å². The third kappa shape index (κ3) is 2.27. The molecule has 0 aliphatic heterocycles. The molecule has 1 unspecified atom stereocenters. The highest BCUT2D eigenvalue weighted by molar-refractivity contribution is 9.10. The van der Waals surface area contributed by atoms with E-state index in [4.69, 9.17) is 0 Å². The predicted octanol–water partition coefficient (Wildman–Crippen LogP) is 0.546. The lowest BCUT2D eigenvalue weighted by molar-refractivity contribution is 0.512. The molecule has 0 aromatic carbocycles. The van der Waals surface area contributed by atoms with Gasteiger partial charge in [0.15, 0.2) is 5.82 Å². The third-order valence-electron chi connectivity index (χ3n) is 2.29. The van der Waals surface area contributed by atoms with Crippen LogP contribution in [0.1, 0.15) is 24.5 Å². The first-order valence-electron chi connectivity index (χ1n) is 4.82. The molecule has 16 heavy (non-hydrogen) atoms. The summed E-state index contributed by atoms with van der Waals surface area (Å²) in [7, 11) is 1.82. The van der Waals surface area contributed by atoms with Gasteiger partial charge in [0.1, 0.15) is 0 Å². The minimum atomic E-state index is 0.0789. The Labute approximate surface area is 101 Å². The van der Waals surface area contributed by atoms with Gasteiger partial charge >= 0.3 is 0 Å². The predicted molar refractivity (Wildman–Crippen MR) is 60.3 cm³/mol. The van der Waals surface area contributed by atoms with Crippen molar-refractivity contribution >= 4 is 15.9 Å². The van der Waals surface area contributed by atoms with E-state index in [0.29, 0.717) is 6.54 Å². The number of H-pyrrole nitrogens is 1. The Morgan fingerprint density at radius 3 is 3.00 bits per heavy atom. The molecule has 7 nitrogen and oxygen atoms in total. The maximum Gasteiger partial charge on any atom is 0.167 e. The van der Waals surface area contributed by atoms with Crippen molar-refractivity contribution in [2.75, 3.05) is 0 Å². The number of hydrogen-bond acceptors (Lipinski definition) is 5. The first kappa shape index (κ1) is 11.2. The molecule has 0 fully saturated rings. The lowest BCUT2D eigenvalue weighted by Gasteiger charge is -2.11. The highest BCUT2D eigenvalue weighted by Crippen LogP contribution is 2.14. The van der Waals surface area contributed by atoms with Gasteiger partial charge in [0.05, 0.1) is 22.4 Å². The number of aromatic amines is 1. The second-order valence-corrected chi connectivity index (χ2v) is 4.31. The van der Waals surface area contributed by atoms with E-state index < -0.39 is 0 Å². The summed E-state index contributed by atoms with van der Waals surface area (Å²) in [4.78, 5) is 0. The zero-order valence-corrected chi connectivity index (χ0v) is 10.6. The highest BCUT2D eigenvalue weighted by Gasteiger charge is 2.12. The Bertz CT molecular complexity index is 462. The van der Waals surface area contributed by atoms with Crippen LogP contribution in [0, 0.1) is 0 Å². The van der Waals surface area contributed by atoms with E-state index in [0.717, 1.165) is 16.0 Å². The van der Waals surface area contributed by atoms with E-state index in [9.17, 15) is 0 Å². The summed E-state index contributed by atoms with van der Waals surface area (Å²) in [5.41, 5.74) is 1.00. The fraction of sp³-hybridized carbons (Fsp3) is 0.500. The minimum Gasteiger partial charge on any atom is -0.302 e. The maximum atomic E-state index is 3.94. The van der Waals surface area contributed by atoms with Crippen molar-refractivity contribution in [3.05, 3.63) is 22.2 Å². The normalized spacial score (nSPS) is 12.9. The number of rotatable bonds is 4. The van der Waals surface area contributed by atoms with Crippen LogP contribution >= 0.6 is 15.9 Å². The molecule has 0 radical (unpaired) electrons. The summed E-state index contributed by atoms with van der Waals surface area (Å²) in [6.45, 7) is 2.69. The van der Waals surface area contributed by atoms with Crippen LogP contribution in [0.15, 0.2) is 10.7 Å². The number of tetrazole rings is 1. The Balaban J connectivity index is 1.97. The van der Waals surface area contributed by atoms with Crippen molar-refractivity contribution in [1.82, 2.24) is 35.7 Å². The molecule has 0 aliphatic rings. The monoisotopic (exact) mass is 285 g/mol. The fourth-order valence-corrected chi connectivity index (χ4v) is 1.70. The van der Waals surface area contributed by atoms with Crippen molar-refractivity contribution in [3.8, 4) is 0 Å². The summed E-state index contributed by atoms with van der Waals surface area (Å²) in [6, 6.07) is 0.0789. The number of nitrogens with zero attached hydrogens (tertiary/aromatic N) is 5. The van der Waals surface area contributed by atoms with Gasteiger partial charge < -0.3 is 5.32 Å². The SMILES string of the molecule is CC(NCc1[nH]ncc1Br)c1nnnn1C. The van der Waals surface area contributed by atoms with E-state index in [1.54, 1.807) is 10.9 Å². The molecule has 0 aliphatic carbocycles. The van der Waals surface area contributed by atoms with Crippen LogP contribution in [0.4, 0.5) is 0 Å². The highest BCUT2D eigenvalue weighted by atomic mass is 79.9. The quantitative estimate of drug-likeness (QED) is 0.857. The number of hydrogen-bond donors (Lipinski definition) is 2. The van der Waals surface area contributed by atoms with Gasteiger partial charge in [-0.25, -0.2) is 4.68 Å². The van der Waals surface area contributed by atoms with Gasteiger partial charge in [0, 0.05) is 13.6 Å². The van der Waals surface area contributed by atoms with E-state index in [2.05, 4.69) is 47.0 Å². The lowest BCUT2D eigenvalue weighted by atomic mass is 10.3. The van der Waals surface area contributed by atoms with Crippen LogP contribution in [0.5, 0.6) is 0 Å². The largest absolute Gasteiger partial charge is 0.302 e. The second kappa shape index (κ2) is 4.71. The van der Waals surface area contributed by atoms with Gasteiger partial charge in [-0.3, -0.25) is 5.10 Å². The molecule has 0 saturated heterocycles. The standard InChI is InChI=1S/C8H12BrN7/c1-5(8-13-14-15-16(8)2)10-4-7-6(9)3-11-12-7/h3,5,10H,4H2,1-2H3,(H,11,12). The molecule has 2 aromatic rings. The number of aryl methyl sites for hydroxylation is 1.